The lowest BCUT2D eigenvalue weighted by atomic mass is 10.1. The van der Waals surface area contributed by atoms with Crippen LogP contribution in [0.3, 0.4) is 0 Å². The fraction of sp³-hybridized carbons (Fsp3) is 0.355. The highest BCUT2D eigenvalue weighted by atomic mass is 16.5. The molecule has 1 N–H and O–H groups in total. The van der Waals surface area contributed by atoms with Crippen molar-refractivity contribution in [2.24, 2.45) is 4.99 Å². The number of piperazine rings is 1. The van der Waals surface area contributed by atoms with Gasteiger partial charge >= 0.3 is 0 Å². The van der Waals surface area contributed by atoms with Crippen LogP contribution in [-0.4, -0.2) is 70.7 Å². The number of pyridine rings is 2. The second-order valence-corrected chi connectivity index (χ2v) is 10.3. The van der Waals surface area contributed by atoms with Crippen molar-refractivity contribution in [2.45, 2.75) is 33.6 Å². The van der Waals surface area contributed by atoms with Gasteiger partial charge in [0, 0.05) is 50.3 Å². The summed E-state index contributed by atoms with van der Waals surface area (Å²) in [5, 5.41) is 7.67. The number of aromatic nitrogens is 4. The molecule has 0 atom stereocenters. The average Bonchev–Trinajstić information content (AvgIpc) is 3.44. The predicted octanol–water partition coefficient (Wildman–Crippen LogP) is 5.47. The highest BCUT2D eigenvalue weighted by Crippen LogP contribution is 2.31. The lowest BCUT2D eigenvalue weighted by Crippen LogP contribution is -2.45. The van der Waals surface area contributed by atoms with Gasteiger partial charge in [0.2, 0.25) is 0 Å². The molecule has 5 rings (SSSR count). The average molecular weight is 555 g/mol. The van der Waals surface area contributed by atoms with E-state index in [0.717, 1.165) is 84.5 Å². The monoisotopic (exact) mass is 554 g/mol. The Bertz CT molecular complexity index is 1550. The van der Waals surface area contributed by atoms with E-state index in [9.17, 15) is 0 Å². The van der Waals surface area contributed by atoms with Gasteiger partial charge < -0.3 is 24.6 Å². The Morgan fingerprint density at radius 1 is 1.05 bits per heavy atom. The number of unbranched alkanes of at least 4 members (excludes halogenated alkanes) is 1. The molecule has 10 nitrogen and oxygen atoms in total. The lowest BCUT2D eigenvalue weighted by molar-refractivity contribution is 0.310. The first kappa shape index (κ1) is 28.1. The summed E-state index contributed by atoms with van der Waals surface area (Å²) in [4.78, 5) is 18.8. The first-order valence-electron chi connectivity index (χ1n) is 14.0. The molecule has 0 amide bonds. The van der Waals surface area contributed by atoms with E-state index in [-0.39, 0.29) is 0 Å². The van der Waals surface area contributed by atoms with Crippen molar-refractivity contribution in [3.8, 4) is 17.2 Å². The molecule has 3 aromatic heterocycles. The number of aryl methyl sites for hydroxylation is 2. The minimum Gasteiger partial charge on any atom is -0.493 e. The molecule has 0 radical (unpaired) electrons. The molecule has 1 saturated heterocycles. The number of nitrogens with zero attached hydrogens (tertiary/aromatic N) is 7. The molecule has 4 aromatic rings. The van der Waals surface area contributed by atoms with Gasteiger partial charge in [0.1, 0.15) is 23.5 Å². The second-order valence-electron chi connectivity index (χ2n) is 10.3. The fourth-order valence-corrected chi connectivity index (χ4v) is 4.70. The molecule has 0 aliphatic carbocycles. The Hall–Kier alpha value is -4.44. The maximum Gasteiger partial charge on any atom is 0.172 e. The van der Waals surface area contributed by atoms with Gasteiger partial charge in [-0.2, -0.15) is 5.10 Å². The number of nitrogens with one attached hydrogen (secondary N) is 1. The van der Waals surface area contributed by atoms with Crippen LogP contribution in [0.1, 0.15) is 36.6 Å². The fourth-order valence-electron chi connectivity index (χ4n) is 4.70. The molecule has 0 spiro atoms. The number of benzene rings is 1. The zero-order valence-corrected chi connectivity index (χ0v) is 24.5. The van der Waals surface area contributed by atoms with Gasteiger partial charge in [0.25, 0.3) is 0 Å². The van der Waals surface area contributed by atoms with E-state index in [1.54, 1.807) is 11.6 Å². The first-order valence-corrected chi connectivity index (χ1v) is 14.0. The summed E-state index contributed by atoms with van der Waals surface area (Å²) in [7, 11) is 3.85. The Balaban J connectivity index is 1.43. The molecule has 41 heavy (non-hydrogen) atoms. The molecule has 1 aliphatic rings. The molecule has 1 aromatic carbocycles. The summed E-state index contributed by atoms with van der Waals surface area (Å²) in [6, 6.07) is 11.8. The number of allylic oxidation sites excluding steroid dienone is 1. The van der Waals surface area contributed by atoms with Crippen LogP contribution in [0, 0.1) is 13.8 Å². The van der Waals surface area contributed by atoms with Crippen LogP contribution >= 0.6 is 0 Å². The third-order valence-corrected chi connectivity index (χ3v) is 7.09. The number of hydrogen-bond acceptors (Lipinski definition) is 8. The summed E-state index contributed by atoms with van der Waals surface area (Å²) >= 11 is 0. The van der Waals surface area contributed by atoms with E-state index < -0.39 is 0 Å². The van der Waals surface area contributed by atoms with Gasteiger partial charge in [0.15, 0.2) is 23.1 Å². The number of aliphatic imine (C=N–C) groups is 1. The second kappa shape index (κ2) is 12.8. The number of anilines is 2. The summed E-state index contributed by atoms with van der Waals surface area (Å²) < 4.78 is 13.6. The van der Waals surface area contributed by atoms with E-state index in [1.165, 1.54) is 6.33 Å². The van der Waals surface area contributed by atoms with Crippen molar-refractivity contribution < 1.29 is 9.47 Å². The molecule has 1 fully saturated rings. The Kier molecular flexibility index (Phi) is 8.79. The largest absolute Gasteiger partial charge is 0.493 e. The highest BCUT2D eigenvalue weighted by molar-refractivity contribution is 6.08. The summed E-state index contributed by atoms with van der Waals surface area (Å²) in [6.45, 7) is 9.96. The molecular formula is C31H38N8O2. The molecular weight excluding hydrogens is 516 g/mol. The SMILES string of the molecule is CCC/C=C/N=C(Nc1ccc(Oc2ccn3ncnc3c2)c(C)c1)c1nc(N2CCN(C)CC2)c(OC)cc1C. The minimum atomic E-state index is 0.679. The maximum absolute atomic E-state index is 6.17. The van der Waals surface area contributed by atoms with E-state index in [4.69, 9.17) is 19.5 Å². The predicted molar refractivity (Wildman–Crippen MR) is 164 cm³/mol. The van der Waals surface area contributed by atoms with Gasteiger partial charge in [-0.3, -0.25) is 0 Å². The zero-order chi connectivity index (χ0) is 28.8. The van der Waals surface area contributed by atoms with Crippen molar-refractivity contribution in [3.63, 3.8) is 0 Å². The quantitative estimate of drug-likeness (QED) is 0.215. The van der Waals surface area contributed by atoms with Gasteiger partial charge in [-0.1, -0.05) is 19.4 Å². The summed E-state index contributed by atoms with van der Waals surface area (Å²) in [6.07, 6.45) is 9.32. The molecule has 10 heteroatoms. The Morgan fingerprint density at radius 3 is 2.63 bits per heavy atom. The molecule has 4 heterocycles. The van der Waals surface area contributed by atoms with Crippen molar-refractivity contribution in [1.29, 1.82) is 0 Å². The van der Waals surface area contributed by atoms with Crippen LogP contribution in [0.25, 0.3) is 5.65 Å². The molecule has 0 unspecified atom stereocenters. The topological polar surface area (TPSA) is 92.4 Å². The van der Waals surface area contributed by atoms with Gasteiger partial charge in [-0.15, -0.1) is 0 Å². The van der Waals surface area contributed by atoms with Gasteiger partial charge in [-0.05, 0) is 68.8 Å². The minimum absolute atomic E-state index is 0.679. The highest BCUT2D eigenvalue weighted by Gasteiger charge is 2.22. The third kappa shape index (κ3) is 6.66. The smallest absolute Gasteiger partial charge is 0.172 e. The number of methoxy groups -OCH3 is 1. The maximum atomic E-state index is 6.17. The number of rotatable bonds is 9. The lowest BCUT2D eigenvalue weighted by Gasteiger charge is -2.34. The van der Waals surface area contributed by atoms with Crippen LogP contribution in [-0.2, 0) is 0 Å². The van der Waals surface area contributed by atoms with Crippen molar-refractivity contribution in [2.75, 3.05) is 50.6 Å². The van der Waals surface area contributed by atoms with E-state index in [2.05, 4.69) is 57.4 Å². The number of fused-ring (bicyclic) bond motifs is 1. The zero-order valence-electron chi connectivity index (χ0n) is 24.5. The third-order valence-electron chi connectivity index (χ3n) is 7.09. The van der Waals surface area contributed by atoms with Crippen molar-refractivity contribution >= 4 is 23.0 Å². The Morgan fingerprint density at radius 2 is 1.88 bits per heavy atom. The van der Waals surface area contributed by atoms with Crippen molar-refractivity contribution in [1.82, 2.24) is 24.5 Å². The normalized spacial score (nSPS) is 14.7. The van der Waals surface area contributed by atoms with Gasteiger partial charge in [-0.25, -0.2) is 19.5 Å². The number of amidine groups is 1. The van der Waals surface area contributed by atoms with Crippen LogP contribution < -0.4 is 19.7 Å². The van der Waals surface area contributed by atoms with E-state index >= 15 is 0 Å². The summed E-state index contributed by atoms with van der Waals surface area (Å²) in [5.41, 5.74) is 4.38. The molecule has 1 aliphatic heterocycles. The first-order chi connectivity index (χ1) is 19.9. The van der Waals surface area contributed by atoms with E-state index in [1.807, 2.05) is 50.5 Å². The summed E-state index contributed by atoms with van der Waals surface area (Å²) in [5.74, 6) is 3.76. The number of ether oxygens (including phenoxy) is 2. The standard InChI is InChI=1S/C31H38N8O2/c1-6-7-8-12-32-30(29-23(3)19-27(40-5)31(36-29)38-16-14-37(4)15-17-38)35-24-9-10-26(22(2)18-24)41-25-11-13-39-28(20-25)33-21-34-39/h8-13,18-21H,6-7,14-17H2,1-5H3,(H,32,35)/b12-8+. The molecule has 214 valence electrons. The molecule has 0 saturated carbocycles. The van der Waals surface area contributed by atoms with Crippen LogP contribution in [0.4, 0.5) is 11.5 Å². The number of likely N-dealkylation sites (N-methyl/N-ethyl adjacent to an activating group) is 1. The molecule has 0 bridgehead atoms. The Labute approximate surface area is 241 Å². The van der Waals surface area contributed by atoms with Crippen LogP contribution in [0.2, 0.25) is 0 Å². The van der Waals surface area contributed by atoms with Crippen LogP contribution in [0.15, 0.2) is 66.2 Å². The van der Waals surface area contributed by atoms with Crippen molar-refractivity contribution in [3.05, 3.63) is 78.0 Å². The van der Waals surface area contributed by atoms with E-state index in [0.29, 0.717) is 11.6 Å². The van der Waals surface area contributed by atoms with Gasteiger partial charge in [0.05, 0.1) is 7.11 Å². The van der Waals surface area contributed by atoms with Crippen LogP contribution in [0.5, 0.6) is 17.2 Å². The number of hydrogen-bond donors (Lipinski definition) is 1.